The number of para-hydroxylation sites is 3. The molecule has 1 aliphatic heterocycles. The largest absolute Gasteiger partial charge is 0.506 e. The number of H-pyrrole nitrogens is 1. The third-order valence-corrected chi connectivity index (χ3v) is 5.16. The van der Waals surface area contributed by atoms with Gasteiger partial charge in [-0.05, 0) is 24.1 Å². The number of benzene rings is 2. The molecule has 4 rings (SSSR count). The van der Waals surface area contributed by atoms with E-state index < -0.39 is 17.7 Å². The summed E-state index contributed by atoms with van der Waals surface area (Å²) in [4.78, 5) is 30.6. The van der Waals surface area contributed by atoms with Crippen LogP contribution in [0.25, 0.3) is 10.9 Å². The lowest BCUT2D eigenvalue weighted by Crippen LogP contribution is -2.31. The number of hydrogen-bond donors (Lipinski definition) is 3. The number of Topliss-reactive ketones (excluding diaryl/α,β-unsaturated/α-hetero) is 1. The molecule has 0 fully saturated rings. The first-order valence-electron chi connectivity index (χ1n) is 9.54. The fraction of sp³-hybridized carbons (Fsp3) is 0.217. The molecule has 2 heterocycles. The van der Waals surface area contributed by atoms with Crippen LogP contribution in [0.5, 0.6) is 5.75 Å². The van der Waals surface area contributed by atoms with E-state index in [0.29, 0.717) is 5.56 Å². The Balaban J connectivity index is 1.94. The van der Waals surface area contributed by atoms with Gasteiger partial charge in [0.15, 0.2) is 11.5 Å². The number of nitrogens with zero attached hydrogens (tertiary/aromatic N) is 1. The molecule has 0 bridgehead atoms. The number of carbonyl (C=O) groups is 2. The Bertz CT molecular complexity index is 1140. The van der Waals surface area contributed by atoms with Crippen molar-refractivity contribution in [2.24, 2.45) is 5.92 Å². The van der Waals surface area contributed by atoms with E-state index in [1.165, 1.54) is 11.0 Å². The first-order chi connectivity index (χ1) is 13.9. The third kappa shape index (κ3) is 3.06. The summed E-state index contributed by atoms with van der Waals surface area (Å²) in [6.07, 6.45) is 1.96. The van der Waals surface area contributed by atoms with Crippen molar-refractivity contribution < 1.29 is 19.8 Å². The molecule has 1 amide bonds. The van der Waals surface area contributed by atoms with Crippen LogP contribution < -0.4 is 4.90 Å². The van der Waals surface area contributed by atoms with Crippen LogP contribution in [0, 0.1) is 5.92 Å². The number of phenols is 1. The predicted molar refractivity (Wildman–Crippen MR) is 111 cm³/mol. The lowest BCUT2D eigenvalue weighted by Gasteiger charge is -2.27. The maximum Gasteiger partial charge on any atom is 0.294 e. The zero-order valence-corrected chi connectivity index (χ0v) is 16.2. The maximum atomic E-state index is 13.0. The van der Waals surface area contributed by atoms with Crippen molar-refractivity contribution in [2.45, 2.75) is 26.3 Å². The summed E-state index contributed by atoms with van der Waals surface area (Å²) in [6.45, 7) is 3.82. The zero-order valence-electron chi connectivity index (χ0n) is 16.2. The number of aromatic hydroxyl groups is 1. The smallest absolute Gasteiger partial charge is 0.294 e. The molecule has 6 heteroatoms. The summed E-state index contributed by atoms with van der Waals surface area (Å²) in [7, 11) is 0. The topological polar surface area (TPSA) is 93.6 Å². The summed E-state index contributed by atoms with van der Waals surface area (Å²) in [5, 5.41) is 21.9. The molecule has 0 spiro atoms. The number of fused-ring (bicyclic) bond motifs is 1. The van der Waals surface area contributed by atoms with Crippen LogP contribution >= 0.6 is 0 Å². The predicted octanol–water partition coefficient (Wildman–Crippen LogP) is 4.39. The van der Waals surface area contributed by atoms with Gasteiger partial charge in [-0.1, -0.05) is 44.2 Å². The Morgan fingerprint density at radius 3 is 2.52 bits per heavy atom. The molecule has 29 heavy (non-hydrogen) atoms. The molecule has 0 saturated heterocycles. The van der Waals surface area contributed by atoms with Crippen molar-refractivity contribution in [2.75, 3.05) is 4.90 Å². The van der Waals surface area contributed by atoms with E-state index >= 15 is 0 Å². The van der Waals surface area contributed by atoms with Crippen molar-refractivity contribution in [3.8, 4) is 5.75 Å². The van der Waals surface area contributed by atoms with Crippen LogP contribution in [-0.4, -0.2) is 26.9 Å². The van der Waals surface area contributed by atoms with Crippen LogP contribution in [-0.2, 0) is 9.59 Å². The number of ketones is 1. The monoisotopic (exact) mass is 390 g/mol. The van der Waals surface area contributed by atoms with E-state index in [9.17, 15) is 19.8 Å². The minimum atomic E-state index is -0.835. The number of phenolic OH excluding ortho intramolecular Hbond substituents is 1. The third-order valence-electron chi connectivity index (χ3n) is 5.16. The summed E-state index contributed by atoms with van der Waals surface area (Å²) >= 11 is 0. The van der Waals surface area contributed by atoms with Gasteiger partial charge in [0.25, 0.3) is 5.91 Å². The highest BCUT2D eigenvalue weighted by Gasteiger charge is 2.45. The molecule has 3 N–H and O–H groups in total. The minimum Gasteiger partial charge on any atom is -0.506 e. The molecule has 148 valence electrons. The molecule has 2 aromatic carbocycles. The second-order valence-electron chi connectivity index (χ2n) is 7.64. The zero-order chi connectivity index (χ0) is 20.7. The SMILES string of the molecule is CC(C)CC(=O)C1=C(O)C(=O)N(c2ccccc2O)C1c1c[nH]c2ccccc12. The average Bonchev–Trinajstić information content (AvgIpc) is 3.21. The quantitative estimate of drug-likeness (QED) is 0.602. The number of aromatic nitrogens is 1. The maximum absolute atomic E-state index is 13.0. The van der Waals surface area contributed by atoms with Crippen LogP contribution in [0.3, 0.4) is 0 Å². The molecule has 0 aliphatic carbocycles. The van der Waals surface area contributed by atoms with E-state index in [2.05, 4.69) is 4.98 Å². The van der Waals surface area contributed by atoms with Gasteiger partial charge >= 0.3 is 0 Å². The second kappa shape index (κ2) is 7.13. The van der Waals surface area contributed by atoms with Gasteiger partial charge in [-0.3, -0.25) is 14.5 Å². The lowest BCUT2D eigenvalue weighted by molar-refractivity contribution is -0.118. The van der Waals surface area contributed by atoms with Crippen LogP contribution in [0.1, 0.15) is 31.9 Å². The van der Waals surface area contributed by atoms with E-state index in [0.717, 1.165) is 10.9 Å². The number of hydrogen-bond acceptors (Lipinski definition) is 4. The molecule has 0 radical (unpaired) electrons. The number of nitrogens with one attached hydrogen (secondary N) is 1. The van der Waals surface area contributed by atoms with Crippen molar-refractivity contribution in [3.05, 3.63) is 71.6 Å². The summed E-state index contributed by atoms with van der Waals surface area (Å²) in [5.74, 6) is -1.57. The highest BCUT2D eigenvalue weighted by atomic mass is 16.3. The van der Waals surface area contributed by atoms with Crippen LogP contribution in [0.15, 0.2) is 66.1 Å². The van der Waals surface area contributed by atoms with Crippen molar-refractivity contribution in [1.29, 1.82) is 0 Å². The highest BCUT2D eigenvalue weighted by Crippen LogP contribution is 2.45. The van der Waals surface area contributed by atoms with Crippen LogP contribution in [0.4, 0.5) is 5.69 Å². The second-order valence-corrected chi connectivity index (χ2v) is 7.64. The number of aromatic amines is 1. The lowest BCUT2D eigenvalue weighted by atomic mass is 9.91. The van der Waals surface area contributed by atoms with Crippen molar-refractivity contribution >= 4 is 28.3 Å². The van der Waals surface area contributed by atoms with Gasteiger partial charge < -0.3 is 15.2 Å². The number of anilines is 1. The molecule has 1 atom stereocenters. The van der Waals surface area contributed by atoms with E-state index in [1.807, 2.05) is 38.1 Å². The van der Waals surface area contributed by atoms with Gasteiger partial charge in [0.05, 0.1) is 17.3 Å². The molecule has 0 saturated carbocycles. The van der Waals surface area contributed by atoms with Gasteiger partial charge in [-0.15, -0.1) is 0 Å². The van der Waals surface area contributed by atoms with Crippen molar-refractivity contribution in [3.63, 3.8) is 0 Å². The van der Waals surface area contributed by atoms with E-state index in [1.54, 1.807) is 24.4 Å². The van der Waals surface area contributed by atoms with Crippen molar-refractivity contribution in [1.82, 2.24) is 4.98 Å². The molecule has 3 aromatic rings. The van der Waals surface area contributed by atoms with Gasteiger partial charge in [-0.2, -0.15) is 0 Å². The molecule has 1 aliphatic rings. The molecular formula is C23H22N2O4. The molecule has 1 unspecified atom stereocenters. The Kier molecular flexibility index (Phi) is 4.62. The summed E-state index contributed by atoms with van der Waals surface area (Å²) in [5.41, 5.74) is 1.85. The fourth-order valence-corrected chi connectivity index (χ4v) is 3.90. The molecule has 6 nitrogen and oxygen atoms in total. The Hall–Kier alpha value is -3.54. The first kappa shape index (κ1) is 18.8. The first-order valence-corrected chi connectivity index (χ1v) is 9.54. The number of rotatable bonds is 5. The standard InChI is InChI=1S/C23H22N2O4/c1-13(2)11-19(27)20-21(15-12-24-16-8-4-3-7-14(15)16)25(23(29)22(20)28)17-9-5-6-10-18(17)26/h3-10,12-13,21,24,26,28H,11H2,1-2H3. The van der Waals surface area contributed by atoms with Gasteiger partial charge in [0, 0.05) is 29.1 Å². The fourth-order valence-electron chi connectivity index (χ4n) is 3.90. The van der Waals surface area contributed by atoms with Crippen LogP contribution in [0.2, 0.25) is 0 Å². The van der Waals surface area contributed by atoms with Gasteiger partial charge in [0.1, 0.15) is 5.75 Å². The summed E-state index contributed by atoms with van der Waals surface area (Å²) < 4.78 is 0. The highest BCUT2D eigenvalue weighted by molar-refractivity contribution is 6.17. The Morgan fingerprint density at radius 2 is 1.79 bits per heavy atom. The van der Waals surface area contributed by atoms with Gasteiger partial charge in [0.2, 0.25) is 0 Å². The normalized spacial score (nSPS) is 17.0. The number of aliphatic hydroxyl groups excluding tert-OH is 1. The summed E-state index contributed by atoms with van der Waals surface area (Å²) in [6, 6.07) is 13.1. The van der Waals surface area contributed by atoms with E-state index in [-0.39, 0.29) is 35.1 Å². The minimum absolute atomic E-state index is 0.0664. The number of carbonyl (C=O) groups excluding carboxylic acids is 2. The Labute approximate surface area is 168 Å². The Morgan fingerprint density at radius 1 is 1.10 bits per heavy atom. The average molecular weight is 390 g/mol. The van der Waals surface area contributed by atoms with E-state index in [4.69, 9.17) is 0 Å². The molecular weight excluding hydrogens is 368 g/mol. The molecule has 1 aromatic heterocycles. The number of aliphatic hydroxyl groups is 1. The van der Waals surface area contributed by atoms with Gasteiger partial charge in [-0.25, -0.2) is 0 Å². The number of amides is 1.